The number of amides is 3. The molecule has 596 valence electrons. The van der Waals surface area contributed by atoms with Gasteiger partial charge in [0.2, 0.25) is 28.7 Å². The van der Waals surface area contributed by atoms with Gasteiger partial charge in [0.15, 0.2) is 17.5 Å². The Morgan fingerprint density at radius 3 is 1.43 bits per heavy atom. The van der Waals surface area contributed by atoms with Crippen LogP contribution in [0.3, 0.4) is 0 Å². The molecular weight excluding hydrogens is 1500 g/mol. The lowest BCUT2D eigenvalue weighted by atomic mass is 9.98. The third-order valence-electron chi connectivity index (χ3n) is 20.2. The number of nitro groups is 2. The molecule has 9 aliphatic rings. The summed E-state index contributed by atoms with van der Waals surface area (Å²) < 4.78 is 22.9. The third kappa shape index (κ3) is 20.7. The van der Waals surface area contributed by atoms with Crippen molar-refractivity contribution in [3.05, 3.63) is 155 Å². The van der Waals surface area contributed by atoms with E-state index in [-0.39, 0.29) is 82.3 Å². The number of ether oxygens (including phenoxy) is 5. The molecule has 34 nitrogen and oxygen atoms in total. The van der Waals surface area contributed by atoms with Gasteiger partial charge in [-0.1, -0.05) is 47.8 Å². The fourth-order valence-corrected chi connectivity index (χ4v) is 14.8. The van der Waals surface area contributed by atoms with Crippen LogP contribution in [0.4, 0.5) is 51.7 Å². The summed E-state index contributed by atoms with van der Waals surface area (Å²) in [5.74, 6) is 0.271. The zero-order valence-corrected chi connectivity index (χ0v) is 64.2. The van der Waals surface area contributed by atoms with Gasteiger partial charge in [-0.05, 0) is 155 Å². The van der Waals surface area contributed by atoms with E-state index in [1.165, 1.54) is 65.5 Å². The van der Waals surface area contributed by atoms with Crippen LogP contribution in [0.1, 0.15) is 150 Å². The highest BCUT2D eigenvalue weighted by Gasteiger charge is 2.40. The molecule has 3 amide bonds. The van der Waals surface area contributed by atoms with Crippen LogP contribution < -0.4 is 40.9 Å². The zero-order valence-electron chi connectivity index (χ0n) is 62.7. The van der Waals surface area contributed by atoms with Gasteiger partial charge in [-0.2, -0.15) is 0 Å². The molecule has 9 aliphatic heterocycles. The minimum absolute atomic E-state index is 0.0106. The van der Waals surface area contributed by atoms with E-state index in [1.54, 1.807) is 23.2 Å². The molecular formula is C76H90Cl2N16O18. The highest BCUT2D eigenvalue weighted by Crippen LogP contribution is 2.39. The fraction of sp³-hybridized carbons (Fsp3) is 0.461. The van der Waals surface area contributed by atoms with Gasteiger partial charge in [0.1, 0.15) is 30.2 Å². The molecule has 5 atom stereocenters. The Balaban J connectivity index is 0.000000147. The second-order valence-electron chi connectivity index (χ2n) is 27.3. The third-order valence-corrected chi connectivity index (χ3v) is 20.7. The summed E-state index contributed by atoms with van der Waals surface area (Å²) in [6, 6.07) is 14.8. The number of carbonyl (C=O) groups is 8. The number of aliphatic hydroxyl groups is 1. The number of nitrogens with zero attached hydrogens (tertiary/aromatic N) is 12. The number of pyridine rings is 5. The number of aliphatic hydroxyl groups excluding tert-OH is 1. The number of halogens is 2. The number of piperidine rings is 5. The van der Waals surface area contributed by atoms with Gasteiger partial charge in [0, 0.05) is 94.0 Å². The van der Waals surface area contributed by atoms with Crippen molar-refractivity contribution in [3.63, 3.8) is 0 Å². The number of hydrogen-bond donors (Lipinski definition) is 5. The van der Waals surface area contributed by atoms with E-state index >= 15 is 0 Å². The summed E-state index contributed by atoms with van der Waals surface area (Å²) in [7, 11) is 6.37. The number of fused-ring (bicyclic) bond motifs is 9. The van der Waals surface area contributed by atoms with Crippen LogP contribution in [0.15, 0.2) is 91.7 Å². The van der Waals surface area contributed by atoms with Gasteiger partial charge < -0.3 is 69.7 Å². The number of rotatable bonds is 12. The van der Waals surface area contributed by atoms with E-state index in [4.69, 9.17) is 38.0 Å². The predicted molar refractivity (Wildman–Crippen MR) is 414 cm³/mol. The number of aromatic nitrogens is 5. The van der Waals surface area contributed by atoms with Gasteiger partial charge in [-0.3, -0.25) is 44.3 Å². The molecule has 6 aromatic rings. The Hall–Kier alpha value is -11.1. The standard InChI is InChI=1S/C23H25ClN4O.C14H17N3O6.C13H15N3O3.C12H15N3O2.C7H5ClN2O4.C7H13NO2/c24-19-6-4-17(5-7-19)18-8-11-27(12-9-18)15-16-13-20-22(25-14-16)28-10-2-1-3-21(28)23(29)26-20;1-22-13(18)9-7-11(17(20)21)12(15-8-9)16-6-4-3-5-10(16)14(19)23-2;1-19-13(18)8-6-9-11(14-7-8)16-5-3-2-4-10(16)12(17)15-9;16-7-8-5-9-11(13-6-8)15-4-2-1-3-10(15)12(17)14-9;1-14-7(11)4-2-5(10(12)13)6(8)9-3-4;1-10-7(9)6-4-2-3-5-8-6/h4-8,13-14,21H,1-3,9-12,15H2,(H,26,29);7-8,10H,3-6H2,1-2H3;6-7,10H,2-5H2,1H3,(H,15,17);5-6,10,16H,1-4,7H2,(H,14,17);2-3H,1H3;6,8H,2-5H2,1H3. The van der Waals surface area contributed by atoms with Gasteiger partial charge in [0.25, 0.3) is 0 Å². The summed E-state index contributed by atoms with van der Waals surface area (Å²) in [6.07, 6.45) is 25.4. The molecule has 5 fully saturated rings. The molecule has 36 heteroatoms. The minimum atomic E-state index is -0.720. The van der Waals surface area contributed by atoms with Crippen LogP contribution >= 0.6 is 23.2 Å². The van der Waals surface area contributed by atoms with E-state index in [2.05, 4.69) is 99.1 Å². The van der Waals surface area contributed by atoms with Crippen molar-refractivity contribution in [1.82, 2.24) is 35.1 Å². The second-order valence-corrected chi connectivity index (χ2v) is 28.1. The molecule has 0 aliphatic carbocycles. The fourth-order valence-electron chi connectivity index (χ4n) is 14.5. The molecule has 5 unspecified atom stereocenters. The van der Waals surface area contributed by atoms with Crippen molar-refractivity contribution < 1.29 is 77.0 Å². The summed E-state index contributed by atoms with van der Waals surface area (Å²) in [5, 5.41) is 43.2. The molecule has 112 heavy (non-hydrogen) atoms. The van der Waals surface area contributed by atoms with E-state index in [9.17, 15) is 58.6 Å². The molecule has 5 aromatic heterocycles. The number of nitrogens with one attached hydrogen (secondary N) is 4. The molecule has 14 heterocycles. The smallest absolute Gasteiger partial charge is 0.339 e. The van der Waals surface area contributed by atoms with Crippen molar-refractivity contribution in [3.8, 4) is 0 Å². The van der Waals surface area contributed by atoms with Gasteiger partial charge >= 0.3 is 41.2 Å². The zero-order chi connectivity index (χ0) is 80.1. The quantitative estimate of drug-likeness (QED) is 0.0250. The number of anilines is 7. The minimum Gasteiger partial charge on any atom is -0.468 e. The first-order valence-corrected chi connectivity index (χ1v) is 37.7. The first-order valence-electron chi connectivity index (χ1n) is 36.9. The van der Waals surface area contributed by atoms with E-state index in [1.807, 2.05) is 23.2 Å². The molecule has 0 bridgehead atoms. The largest absolute Gasteiger partial charge is 0.468 e. The summed E-state index contributed by atoms with van der Waals surface area (Å²) in [4.78, 5) is 145. The van der Waals surface area contributed by atoms with Crippen LogP contribution in [0.5, 0.6) is 0 Å². The van der Waals surface area contributed by atoms with Gasteiger partial charge in [-0.25, -0.2) is 44.1 Å². The number of hydrogen-bond acceptors (Lipinski definition) is 29. The van der Waals surface area contributed by atoms with Crippen molar-refractivity contribution in [2.75, 3.05) is 117 Å². The maximum atomic E-state index is 12.5. The van der Waals surface area contributed by atoms with Crippen molar-refractivity contribution in [1.29, 1.82) is 0 Å². The van der Waals surface area contributed by atoms with Gasteiger partial charge in [-0.15, -0.1) is 0 Å². The Morgan fingerprint density at radius 2 is 0.955 bits per heavy atom. The van der Waals surface area contributed by atoms with Gasteiger partial charge in [0.05, 0.1) is 85.8 Å². The second kappa shape index (κ2) is 39.7. The first-order chi connectivity index (χ1) is 54.1. The predicted octanol–water partition coefficient (Wildman–Crippen LogP) is 9.44. The molecule has 5 saturated heterocycles. The summed E-state index contributed by atoms with van der Waals surface area (Å²) in [6.45, 7) is 6.73. The highest BCUT2D eigenvalue weighted by molar-refractivity contribution is 6.31. The summed E-state index contributed by atoms with van der Waals surface area (Å²) in [5.41, 5.74) is 6.22. The highest BCUT2D eigenvalue weighted by atomic mass is 35.5. The van der Waals surface area contributed by atoms with E-state index in [0.717, 1.165) is 199 Å². The Labute approximate surface area is 655 Å². The summed E-state index contributed by atoms with van der Waals surface area (Å²) >= 11 is 11.4. The molecule has 0 spiro atoms. The Kier molecular flexibility index (Phi) is 29.6. The lowest BCUT2D eigenvalue weighted by Crippen LogP contribution is -2.51. The molecule has 0 radical (unpaired) electrons. The number of methoxy groups -OCH3 is 5. The van der Waals surface area contributed by atoms with E-state index in [0.29, 0.717) is 24.2 Å². The number of esters is 5. The van der Waals surface area contributed by atoms with Crippen molar-refractivity contribution >= 4 is 128 Å². The maximum absolute atomic E-state index is 12.5. The Morgan fingerprint density at radius 1 is 0.509 bits per heavy atom. The first kappa shape index (κ1) is 83.4. The topological polar surface area (TPSA) is 418 Å². The monoisotopic (exact) mass is 1580 g/mol. The average molecular weight is 1590 g/mol. The lowest BCUT2D eigenvalue weighted by Gasteiger charge is -2.40. The van der Waals surface area contributed by atoms with Crippen LogP contribution in [0.2, 0.25) is 10.2 Å². The molecule has 0 saturated carbocycles. The molecule has 5 N–H and O–H groups in total. The molecule has 15 rings (SSSR count). The van der Waals surface area contributed by atoms with E-state index < -0.39 is 45.5 Å². The average Bonchev–Trinajstić information content (AvgIpc) is 0.786. The van der Waals surface area contributed by atoms with Crippen LogP contribution in [-0.2, 0) is 60.8 Å². The van der Waals surface area contributed by atoms with Crippen LogP contribution in [-0.4, -0.2) is 204 Å². The number of benzene rings is 1. The SMILES string of the molecule is COC(=O)C1CCCCN1.COC(=O)c1cnc(Cl)c([N+](=O)[O-])c1.COC(=O)c1cnc(N2CCCCC2C(=O)OC)c([N+](=O)[O-])c1.COC(=O)c1cnc2c(c1)NC(=O)C1CCCCN21.O=C1Nc2cc(CN3CC=C(c4ccc(Cl)cc4)CC3)cnc2N2CCCCC12.O=C1Nc2cc(CO)cnc2N2CCCCC12. The van der Waals surface area contributed by atoms with Crippen LogP contribution in [0.25, 0.3) is 5.57 Å². The maximum Gasteiger partial charge on any atom is 0.339 e. The van der Waals surface area contributed by atoms with Crippen LogP contribution in [0, 0.1) is 20.2 Å². The lowest BCUT2D eigenvalue weighted by molar-refractivity contribution is -0.385. The molecule has 1 aromatic carbocycles. The Bertz CT molecular complexity index is 4480. The normalized spacial score (nSPS) is 19.8. The van der Waals surface area contributed by atoms with Crippen molar-refractivity contribution in [2.24, 2.45) is 0 Å². The van der Waals surface area contributed by atoms with Crippen molar-refractivity contribution in [2.45, 2.75) is 146 Å². The number of carbonyl (C=O) groups excluding carboxylic acids is 8.